The first-order chi connectivity index (χ1) is 7.34. The van der Waals surface area contributed by atoms with Crippen molar-refractivity contribution in [3.8, 4) is 0 Å². The maximum absolute atomic E-state index is 11.1. The molecule has 1 fully saturated rings. The van der Waals surface area contributed by atoms with Gasteiger partial charge in [-0.15, -0.1) is 0 Å². The Bertz CT molecular complexity index is 350. The second kappa shape index (κ2) is 5.15. The third-order valence-electron chi connectivity index (χ3n) is 3.38. The maximum atomic E-state index is 11.1. The van der Waals surface area contributed by atoms with E-state index in [1.165, 1.54) is 38.5 Å². The van der Waals surface area contributed by atoms with Crippen LogP contribution in [0, 0.1) is 5.92 Å². The first kappa shape index (κ1) is 10.5. The third-order valence-corrected chi connectivity index (χ3v) is 3.38. The molecule has 0 radical (unpaired) electrons. The molecule has 0 unspecified atom stereocenters. The van der Waals surface area contributed by atoms with Crippen molar-refractivity contribution >= 4 is 0 Å². The van der Waals surface area contributed by atoms with Crippen LogP contribution in [0.3, 0.4) is 0 Å². The minimum atomic E-state index is 0.0242. The molecule has 0 bridgehead atoms. The van der Waals surface area contributed by atoms with Gasteiger partial charge in [-0.1, -0.05) is 38.2 Å². The van der Waals surface area contributed by atoms with Crippen LogP contribution in [0.25, 0.3) is 0 Å². The molecule has 82 valence electrons. The number of pyridine rings is 1. The highest BCUT2D eigenvalue weighted by Gasteiger charge is 2.12. The van der Waals surface area contributed by atoms with E-state index in [-0.39, 0.29) is 5.56 Å². The van der Waals surface area contributed by atoms with Crippen molar-refractivity contribution in [1.82, 2.24) is 4.98 Å². The standard InChI is InChI=1S/C13H19NO/c15-13-8-4-7-12(14-13)10-9-11-5-2-1-3-6-11/h4,7-8,11H,1-3,5-6,9-10H2,(H,14,15). The van der Waals surface area contributed by atoms with E-state index in [4.69, 9.17) is 0 Å². The van der Waals surface area contributed by atoms with Crippen molar-refractivity contribution in [2.75, 3.05) is 0 Å². The van der Waals surface area contributed by atoms with E-state index in [0.29, 0.717) is 0 Å². The number of H-pyrrole nitrogens is 1. The smallest absolute Gasteiger partial charge is 0.248 e. The van der Waals surface area contributed by atoms with Gasteiger partial charge in [0, 0.05) is 11.8 Å². The summed E-state index contributed by atoms with van der Waals surface area (Å²) in [6, 6.07) is 5.43. The van der Waals surface area contributed by atoms with Crippen LogP contribution in [0.1, 0.15) is 44.2 Å². The van der Waals surface area contributed by atoms with Gasteiger partial charge in [-0.3, -0.25) is 4.79 Å². The van der Waals surface area contributed by atoms with Crippen molar-refractivity contribution in [2.45, 2.75) is 44.9 Å². The Labute approximate surface area is 90.7 Å². The highest BCUT2D eigenvalue weighted by atomic mass is 16.1. The zero-order valence-electron chi connectivity index (χ0n) is 9.17. The third kappa shape index (κ3) is 3.22. The molecule has 1 saturated carbocycles. The first-order valence-electron chi connectivity index (χ1n) is 6.03. The van der Waals surface area contributed by atoms with E-state index in [9.17, 15) is 4.79 Å². The normalized spacial score (nSPS) is 17.9. The van der Waals surface area contributed by atoms with Gasteiger partial charge in [-0.05, 0) is 24.8 Å². The second-order valence-corrected chi connectivity index (χ2v) is 4.58. The molecule has 1 N–H and O–H groups in total. The molecule has 2 nitrogen and oxygen atoms in total. The summed E-state index contributed by atoms with van der Waals surface area (Å²) in [5.74, 6) is 0.891. The molecule has 0 saturated heterocycles. The minimum absolute atomic E-state index is 0.0242. The van der Waals surface area contributed by atoms with Crippen LogP contribution in [0.5, 0.6) is 0 Å². The molecule has 1 heterocycles. The number of nitrogens with one attached hydrogen (secondary N) is 1. The Morgan fingerprint density at radius 3 is 2.73 bits per heavy atom. The summed E-state index contributed by atoms with van der Waals surface area (Å²) in [5, 5.41) is 0. The lowest BCUT2D eigenvalue weighted by molar-refractivity contribution is 0.338. The van der Waals surface area contributed by atoms with Crippen LogP contribution >= 0.6 is 0 Å². The van der Waals surface area contributed by atoms with Gasteiger partial charge in [0.2, 0.25) is 5.56 Å². The average Bonchev–Trinajstić information content (AvgIpc) is 2.28. The Morgan fingerprint density at radius 1 is 1.20 bits per heavy atom. The van der Waals surface area contributed by atoms with Crippen molar-refractivity contribution in [3.63, 3.8) is 0 Å². The molecular weight excluding hydrogens is 186 g/mol. The van der Waals surface area contributed by atoms with Crippen LogP contribution in [0.15, 0.2) is 23.0 Å². The van der Waals surface area contributed by atoms with Gasteiger partial charge in [0.15, 0.2) is 0 Å². The van der Waals surface area contributed by atoms with Crippen LogP contribution in [-0.4, -0.2) is 4.98 Å². The minimum Gasteiger partial charge on any atom is -0.326 e. The summed E-state index contributed by atoms with van der Waals surface area (Å²) in [6.45, 7) is 0. The molecule has 1 aromatic heterocycles. The average molecular weight is 205 g/mol. The van der Waals surface area contributed by atoms with E-state index < -0.39 is 0 Å². The summed E-state index contributed by atoms with van der Waals surface area (Å²) in [7, 11) is 0. The number of aromatic amines is 1. The number of rotatable bonds is 3. The molecular formula is C13H19NO. The van der Waals surface area contributed by atoms with Crippen LogP contribution in [0.4, 0.5) is 0 Å². The van der Waals surface area contributed by atoms with Crippen molar-refractivity contribution in [3.05, 3.63) is 34.2 Å². The fourth-order valence-electron chi connectivity index (χ4n) is 2.47. The molecule has 1 aliphatic carbocycles. The topological polar surface area (TPSA) is 32.9 Å². The SMILES string of the molecule is O=c1cccc(CCC2CCCCC2)[nH]1. The lowest BCUT2D eigenvalue weighted by atomic mass is 9.86. The molecule has 0 spiro atoms. The predicted octanol–water partition coefficient (Wildman–Crippen LogP) is 2.89. The number of aryl methyl sites for hydroxylation is 1. The molecule has 0 aromatic carbocycles. The predicted molar refractivity (Wildman–Crippen MR) is 62.0 cm³/mol. The number of aromatic nitrogens is 1. The van der Waals surface area contributed by atoms with Crippen LogP contribution in [0.2, 0.25) is 0 Å². The molecule has 0 aliphatic heterocycles. The van der Waals surface area contributed by atoms with Crippen LogP contribution in [-0.2, 0) is 6.42 Å². The highest BCUT2D eigenvalue weighted by molar-refractivity contribution is 5.03. The lowest BCUT2D eigenvalue weighted by Crippen LogP contribution is -2.10. The maximum Gasteiger partial charge on any atom is 0.248 e. The number of hydrogen-bond acceptors (Lipinski definition) is 1. The molecule has 1 aromatic rings. The lowest BCUT2D eigenvalue weighted by Gasteiger charge is -2.21. The Hall–Kier alpha value is -1.05. The summed E-state index contributed by atoms with van der Waals surface area (Å²) in [6.07, 6.45) is 9.25. The molecule has 1 aliphatic rings. The highest BCUT2D eigenvalue weighted by Crippen LogP contribution is 2.26. The van der Waals surface area contributed by atoms with E-state index >= 15 is 0 Å². The molecule has 0 amide bonds. The number of hydrogen-bond donors (Lipinski definition) is 1. The summed E-state index contributed by atoms with van der Waals surface area (Å²) < 4.78 is 0. The van der Waals surface area contributed by atoms with Crippen molar-refractivity contribution in [1.29, 1.82) is 0 Å². The van der Waals surface area contributed by atoms with Gasteiger partial charge in [0.1, 0.15) is 0 Å². The van der Waals surface area contributed by atoms with E-state index in [1.807, 2.05) is 12.1 Å². The summed E-state index contributed by atoms with van der Waals surface area (Å²) in [4.78, 5) is 14.0. The van der Waals surface area contributed by atoms with E-state index in [2.05, 4.69) is 4.98 Å². The van der Waals surface area contributed by atoms with Crippen molar-refractivity contribution < 1.29 is 0 Å². The summed E-state index contributed by atoms with van der Waals surface area (Å²) >= 11 is 0. The van der Waals surface area contributed by atoms with Gasteiger partial charge in [0.25, 0.3) is 0 Å². The Kier molecular flexibility index (Phi) is 3.59. The monoisotopic (exact) mass is 205 g/mol. The van der Waals surface area contributed by atoms with Crippen LogP contribution < -0.4 is 5.56 Å². The van der Waals surface area contributed by atoms with E-state index in [1.54, 1.807) is 6.07 Å². The van der Waals surface area contributed by atoms with E-state index in [0.717, 1.165) is 18.0 Å². The van der Waals surface area contributed by atoms with Gasteiger partial charge in [-0.2, -0.15) is 0 Å². The zero-order chi connectivity index (χ0) is 10.5. The second-order valence-electron chi connectivity index (χ2n) is 4.58. The van der Waals surface area contributed by atoms with Crippen molar-refractivity contribution in [2.24, 2.45) is 5.92 Å². The Morgan fingerprint density at radius 2 is 2.00 bits per heavy atom. The molecule has 2 heteroatoms. The fraction of sp³-hybridized carbons (Fsp3) is 0.615. The van der Waals surface area contributed by atoms with Gasteiger partial charge >= 0.3 is 0 Å². The van der Waals surface area contributed by atoms with Gasteiger partial charge < -0.3 is 4.98 Å². The van der Waals surface area contributed by atoms with Gasteiger partial charge in [0.05, 0.1) is 0 Å². The quantitative estimate of drug-likeness (QED) is 0.808. The largest absolute Gasteiger partial charge is 0.326 e. The summed E-state index contributed by atoms with van der Waals surface area (Å²) in [5.41, 5.74) is 1.12. The Balaban J connectivity index is 1.84. The zero-order valence-corrected chi connectivity index (χ0v) is 9.17. The molecule has 15 heavy (non-hydrogen) atoms. The molecule has 2 rings (SSSR count). The fourth-order valence-corrected chi connectivity index (χ4v) is 2.47. The van der Waals surface area contributed by atoms with Gasteiger partial charge in [-0.25, -0.2) is 0 Å². The molecule has 0 atom stereocenters. The first-order valence-corrected chi connectivity index (χ1v) is 6.03.